The molecule has 0 saturated heterocycles. The van der Waals surface area contributed by atoms with Crippen LogP contribution < -0.4 is 11.2 Å². The van der Waals surface area contributed by atoms with E-state index in [1.807, 2.05) is 0 Å². The molecule has 0 amide bonds. The molecule has 1 atom stereocenters. The molecule has 1 aliphatic carbocycles. The standard InChI is InChI=1S/C12H17N3O/c13-12-10(2-1-5-14-12)11-7-9(15-16-11)6-8-3-4-8/h2,7-9,15H,1,3-6H2,(H2,13,14). The molecule has 2 heterocycles. The van der Waals surface area contributed by atoms with E-state index in [0.29, 0.717) is 11.9 Å². The van der Waals surface area contributed by atoms with Crippen molar-refractivity contribution in [2.45, 2.75) is 31.7 Å². The summed E-state index contributed by atoms with van der Waals surface area (Å²) < 4.78 is 0. The van der Waals surface area contributed by atoms with Gasteiger partial charge in [0.2, 0.25) is 0 Å². The molecule has 1 fully saturated rings. The number of nitrogens with two attached hydrogens (primary N) is 1. The van der Waals surface area contributed by atoms with Gasteiger partial charge in [-0.25, -0.2) is 0 Å². The zero-order valence-corrected chi connectivity index (χ0v) is 9.28. The number of hydrogen-bond acceptors (Lipinski definition) is 4. The van der Waals surface area contributed by atoms with Crippen molar-refractivity contribution in [2.24, 2.45) is 16.6 Å². The molecule has 0 bridgehead atoms. The lowest BCUT2D eigenvalue weighted by molar-refractivity contribution is 0.119. The van der Waals surface area contributed by atoms with Crippen LogP contribution >= 0.6 is 0 Å². The SMILES string of the molecule is NC1=NCCC=C1C1=CC(CC2CC2)NO1. The summed E-state index contributed by atoms with van der Waals surface area (Å²) in [6.45, 7) is 0.793. The van der Waals surface area contributed by atoms with Crippen LogP contribution in [0.2, 0.25) is 0 Å². The minimum Gasteiger partial charge on any atom is -0.408 e. The first-order valence-corrected chi connectivity index (χ1v) is 5.98. The molecule has 0 aromatic heterocycles. The Morgan fingerprint density at radius 2 is 2.38 bits per heavy atom. The molecule has 0 aromatic rings. The van der Waals surface area contributed by atoms with E-state index in [1.54, 1.807) is 0 Å². The fraction of sp³-hybridized carbons (Fsp3) is 0.583. The number of dihydropyridines is 1. The van der Waals surface area contributed by atoms with Crippen LogP contribution in [0.25, 0.3) is 0 Å². The van der Waals surface area contributed by atoms with E-state index >= 15 is 0 Å². The van der Waals surface area contributed by atoms with Crippen LogP contribution in [0.4, 0.5) is 0 Å². The molecular formula is C12H17N3O. The van der Waals surface area contributed by atoms with Gasteiger partial charge in [-0.1, -0.05) is 18.9 Å². The van der Waals surface area contributed by atoms with E-state index in [4.69, 9.17) is 10.6 Å². The van der Waals surface area contributed by atoms with Gasteiger partial charge in [-0.3, -0.25) is 4.99 Å². The first kappa shape index (κ1) is 9.90. The van der Waals surface area contributed by atoms with Gasteiger partial charge in [0.15, 0.2) is 5.76 Å². The van der Waals surface area contributed by atoms with Gasteiger partial charge in [0.05, 0.1) is 11.6 Å². The van der Waals surface area contributed by atoms with Crippen LogP contribution in [0.5, 0.6) is 0 Å². The third-order valence-electron chi connectivity index (χ3n) is 3.26. The molecule has 0 spiro atoms. The molecule has 1 saturated carbocycles. The van der Waals surface area contributed by atoms with E-state index in [1.165, 1.54) is 19.3 Å². The number of nitrogens with one attached hydrogen (secondary N) is 1. The Morgan fingerprint density at radius 1 is 1.50 bits per heavy atom. The summed E-state index contributed by atoms with van der Waals surface area (Å²) in [5.41, 5.74) is 9.86. The highest BCUT2D eigenvalue weighted by Crippen LogP contribution is 2.35. The molecule has 0 aromatic carbocycles. The molecular weight excluding hydrogens is 202 g/mol. The van der Waals surface area contributed by atoms with Gasteiger partial charge in [0.1, 0.15) is 5.84 Å². The summed E-state index contributed by atoms with van der Waals surface area (Å²) in [7, 11) is 0. The number of aliphatic imine (C=N–C) groups is 1. The molecule has 86 valence electrons. The smallest absolute Gasteiger partial charge is 0.155 e. The highest BCUT2D eigenvalue weighted by Gasteiger charge is 2.29. The van der Waals surface area contributed by atoms with Crippen molar-refractivity contribution in [3.63, 3.8) is 0 Å². The van der Waals surface area contributed by atoms with Crippen molar-refractivity contribution in [1.29, 1.82) is 0 Å². The topological polar surface area (TPSA) is 59.6 Å². The van der Waals surface area contributed by atoms with Crippen molar-refractivity contribution in [3.8, 4) is 0 Å². The summed E-state index contributed by atoms with van der Waals surface area (Å²) in [4.78, 5) is 9.72. The molecule has 3 rings (SSSR count). The lowest BCUT2D eigenvalue weighted by Gasteiger charge is -2.11. The zero-order chi connectivity index (χ0) is 11.0. The van der Waals surface area contributed by atoms with Crippen molar-refractivity contribution < 1.29 is 4.84 Å². The quantitative estimate of drug-likeness (QED) is 0.751. The molecule has 2 aliphatic heterocycles. The van der Waals surface area contributed by atoms with Gasteiger partial charge >= 0.3 is 0 Å². The first-order chi connectivity index (χ1) is 7.83. The summed E-state index contributed by atoms with van der Waals surface area (Å²) in [5, 5.41) is 0. The van der Waals surface area contributed by atoms with Crippen LogP contribution in [0.15, 0.2) is 28.5 Å². The second-order valence-electron chi connectivity index (χ2n) is 4.71. The third-order valence-corrected chi connectivity index (χ3v) is 3.26. The largest absolute Gasteiger partial charge is 0.408 e. The Morgan fingerprint density at radius 3 is 3.12 bits per heavy atom. The summed E-state index contributed by atoms with van der Waals surface area (Å²) in [6.07, 6.45) is 9.10. The van der Waals surface area contributed by atoms with Gasteiger partial charge in [-0.2, -0.15) is 0 Å². The Labute approximate surface area is 95.2 Å². The van der Waals surface area contributed by atoms with E-state index in [0.717, 1.165) is 30.2 Å². The van der Waals surface area contributed by atoms with Crippen LogP contribution in [0.3, 0.4) is 0 Å². The van der Waals surface area contributed by atoms with Crippen molar-refractivity contribution >= 4 is 5.84 Å². The van der Waals surface area contributed by atoms with E-state index in [2.05, 4.69) is 22.6 Å². The fourth-order valence-corrected chi connectivity index (χ4v) is 2.17. The normalized spacial score (nSPS) is 29.2. The zero-order valence-electron chi connectivity index (χ0n) is 9.28. The molecule has 0 radical (unpaired) electrons. The molecule has 4 heteroatoms. The van der Waals surface area contributed by atoms with Gasteiger partial charge in [-0.05, 0) is 24.8 Å². The predicted octanol–water partition coefficient (Wildman–Crippen LogP) is 1.26. The highest BCUT2D eigenvalue weighted by atomic mass is 16.7. The molecule has 16 heavy (non-hydrogen) atoms. The average molecular weight is 219 g/mol. The maximum absolute atomic E-state index is 5.85. The van der Waals surface area contributed by atoms with Crippen LogP contribution in [0.1, 0.15) is 25.7 Å². The number of hydrogen-bond donors (Lipinski definition) is 2. The molecule has 1 unspecified atom stereocenters. The maximum Gasteiger partial charge on any atom is 0.155 e. The Balaban J connectivity index is 1.70. The monoisotopic (exact) mass is 219 g/mol. The van der Waals surface area contributed by atoms with Crippen LogP contribution in [0, 0.1) is 5.92 Å². The summed E-state index contributed by atoms with van der Waals surface area (Å²) in [5.74, 6) is 2.35. The predicted molar refractivity (Wildman–Crippen MR) is 62.6 cm³/mol. The highest BCUT2D eigenvalue weighted by molar-refractivity contribution is 6.01. The van der Waals surface area contributed by atoms with Gasteiger partial charge < -0.3 is 10.6 Å². The Bertz CT molecular complexity index is 380. The number of nitrogens with zero attached hydrogens (tertiary/aromatic N) is 1. The van der Waals surface area contributed by atoms with Crippen molar-refractivity contribution in [1.82, 2.24) is 5.48 Å². The minimum atomic E-state index is 0.345. The van der Waals surface area contributed by atoms with E-state index < -0.39 is 0 Å². The van der Waals surface area contributed by atoms with E-state index in [9.17, 15) is 0 Å². The minimum absolute atomic E-state index is 0.345. The van der Waals surface area contributed by atoms with Gasteiger partial charge in [-0.15, -0.1) is 5.48 Å². The van der Waals surface area contributed by atoms with Crippen molar-refractivity contribution in [2.75, 3.05) is 6.54 Å². The Hall–Kier alpha value is -1.29. The van der Waals surface area contributed by atoms with E-state index in [-0.39, 0.29) is 0 Å². The number of amidine groups is 1. The second kappa shape index (κ2) is 3.94. The first-order valence-electron chi connectivity index (χ1n) is 5.98. The van der Waals surface area contributed by atoms with Gasteiger partial charge in [0.25, 0.3) is 0 Å². The molecule has 3 aliphatic rings. The van der Waals surface area contributed by atoms with Crippen molar-refractivity contribution in [3.05, 3.63) is 23.5 Å². The second-order valence-corrected chi connectivity index (χ2v) is 4.71. The number of hydroxylamine groups is 1. The van der Waals surface area contributed by atoms with Gasteiger partial charge in [0, 0.05) is 6.54 Å². The third kappa shape index (κ3) is 1.97. The average Bonchev–Trinajstić information content (AvgIpc) is 2.97. The lowest BCUT2D eigenvalue weighted by Crippen LogP contribution is -2.22. The number of rotatable bonds is 3. The maximum atomic E-state index is 5.85. The fourth-order valence-electron chi connectivity index (χ4n) is 2.17. The molecule has 3 N–H and O–H groups in total. The summed E-state index contributed by atoms with van der Waals surface area (Å²) >= 11 is 0. The Kier molecular flexibility index (Phi) is 2.44. The van der Waals surface area contributed by atoms with Crippen LogP contribution in [-0.2, 0) is 4.84 Å². The van der Waals surface area contributed by atoms with Crippen LogP contribution in [-0.4, -0.2) is 18.4 Å². The summed E-state index contributed by atoms with van der Waals surface area (Å²) in [6, 6.07) is 0.345. The lowest BCUT2D eigenvalue weighted by atomic mass is 10.1. The molecule has 4 nitrogen and oxygen atoms in total.